The number of carbonyl (C=O) groups excluding carboxylic acids is 1. The average molecular weight is 404 g/mol. The van der Waals surface area contributed by atoms with Crippen molar-refractivity contribution < 1.29 is 13.9 Å². The van der Waals surface area contributed by atoms with Gasteiger partial charge in [-0.2, -0.15) is 0 Å². The van der Waals surface area contributed by atoms with E-state index >= 15 is 0 Å². The molecule has 0 saturated carbocycles. The van der Waals surface area contributed by atoms with E-state index in [1.807, 2.05) is 26.8 Å². The highest BCUT2D eigenvalue weighted by Gasteiger charge is 2.26. The zero-order valence-corrected chi connectivity index (χ0v) is 18.0. The number of piperazine rings is 1. The lowest BCUT2D eigenvalue weighted by Crippen LogP contribution is -2.46. The number of hydrogen-bond donors (Lipinski definition) is 0. The minimum absolute atomic E-state index is 0.00894. The Morgan fingerprint density at radius 2 is 1.55 bits per heavy atom. The van der Waals surface area contributed by atoms with Crippen LogP contribution in [0.4, 0.5) is 9.18 Å². The predicted octanol–water partition coefficient (Wildman–Crippen LogP) is 4.06. The van der Waals surface area contributed by atoms with E-state index in [4.69, 9.17) is 4.74 Å². The molecule has 160 valence electrons. The SMILES string of the molecule is CC(C)(C)OC(=O)N1CCC(=C(F)CN2CCN(Cc3ccccc3)CC2)CC1. The Hall–Kier alpha value is -1.92. The second-order valence-electron chi connectivity index (χ2n) is 9.01. The third-order valence-corrected chi connectivity index (χ3v) is 5.48. The molecule has 1 aromatic rings. The van der Waals surface area contributed by atoms with Crippen LogP contribution in [0.1, 0.15) is 39.2 Å². The van der Waals surface area contributed by atoms with Crippen molar-refractivity contribution in [2.45, 2.75) is 45.8 Å². The normalized spacial score (nSPS) is 19.3. The van der Waals surface area contributed by atoms with E-state index in [0.29, 0.717) is 32.5 Å². The molecule has 29 heavy (non-hydrogen) atoms. The standard InChI is InChI=1S/C23H34FN3O2/c1-23(2,3)29-22(28)27-11-9-20(10-12-27)21(24)18-26-15-13-25(14-16-26)17-19-7-5-4-6-8-19/h4-8H,9-18H2,1-3H3. The molecule has 2 saturated heterocycles. The molecule has 2 fully saturated rings. The van der Waals surface area contributed by atoms with Crippen LogP contribution in [0.25, 0.3) is 0 Å². The maximum absolute atomic E-state index is 14.8. The number of carbonyl (C=O) groups is 1. The molecule has 1 aromatic carbocycles. The van der Waals surface area contributed by atoms with Crippen molar-refractivity contribution in [1.82, 2.24) is 14.7 Å². The first kappa shape index (κ1) is 21.8. The summed E-state index contributed by atoms with van der Waals surface area (Å²) in [5.74, 6) is -0.00894. The smallest absolute Gasteiger partial charge is 0.410 e. The quantitative estimate of drug-likeness (QED) is 0.760. The number of piperidine rings is 1. The lowest BCUT2D eigenvalue weighted by atomic mass is 10.0. The van der Waals surface area contributed by atoms with Crippen LogP contribution in [0.3, 0.4) is 0 Å². The number of rotatable bonds is 4. The fraction of sp³-hybridized carbons (Fsp3) is 0.609. The van der Waals surface area contributed by atoms with Crippen LogP contribution in [-0.2, 0) is 11.3 Å². The van der Waals surface area contributed by atoms with Gasteiger partial charge in [-0.05, 0) is 44.7 Å². The Morgan fingerprint density at radius 3 is 2.14 bits per heavy atom. The topological polar surface area (TPSA) is 36.0 Å². The highest BCUT2D eigenvalue weighted by Crippen LogP contribution is 2.23. The molecule has 0 aromatic heterocycles. The summed E-state index contributed by atoms with van der Waals surface area (Å²) >= 11 is 0. The summed E-state index contributed by atoms with van der Waals surface area (Å²) in [6, 6.07) is 10.5. The lowest BCUT2D eigenvalue weighted by Gasteiger charge is -2.35. The molecule has 0 unspecified atom stereocenters. The molecule has 2 aliphatic rings. The number of nitrogens with zero attached hydrogens (tertiary/aromatic N) is 3. The van der Waals surface area contributed by atoms with E-state index in [1.165, 1.54) is 5.56 Å². The first-order valence-electron chi connectivity index (χ1n) is 10.6. The van der Waals surface area contributed by atoms with E-state index in [2.05, 4.69) is 34.1 Å². The van der Waals surface area contributed by atoms with Crippen molar-refractivity contribution in [3.8, 4) is 0 Å². The predicted molar refractivity (Wildman–Crippen MR) is 113 cm³/mol. The highest BCUT2D eigenvalue weighted by molar-refractivity contribution is 5.68. The zero-order valence-electron chi connectivity index (χ0n) is 18.0. The maximum atomic E-state index is 14.8. The first-order chi connectivity index (χ1) is 13.8. The number of halogens is 1. The molecule has 5 nitrogen and oxygen atoms in total. The molecule has 6 heteroatoms. The molecular formula is C23H34FN3O2. The molecule has 3 rings (SSSR count). The van der Waals surface area contributed by atoms with E-state index < -0.39 is 5.60 Å². The molecular weight excluding hydrogens is 369 g/mol. The van der Waals surface area contributed by atoms with Crippen molar-refractivity contribution in [2.75, 3.05) is 45.8 Å². The van der Waals surface area contributed by atoms with Gasteiger partial charge in [-0.15, -0.1) is 0 Å². The summed E-state index contributed by atoms with van der Waals surface area (Å²) < 4.78 is 20.2. The third kappa shape index (κ3) is 6.82. The van der Waals surface area contributed by atoms with E-state index in [1.54, 1.807) is 4.90 Å². The molecule has 0 radical (unpaired) electrons. The second-order valence-corrected chi connectivity index (χ2v) is 9.01. The molecule has 2 aliphatic heterocycles. The zero-order chi connectivity index (χ0) is 20.9. The van der Waals surface area contributed by atoms with Crippen LogP contribution in [-0.4, -0.2) is 72.2 Å². The third-order valence-electron chi connectivity index (χ3n) is 5.48. The Kier molecular flexibility index (Phi) is 7.30. The number of benzene rings is 1. The van der Waals surface area contributed by atoms with Gasteiger partial charge >= 0.3 is 6.09 Å². The van der Waals surface area contributed by atoms with Crippen LogP contribution in [0.5, 0.6) is 0 Å². The molecule has 0 bridgehead atoms. The van der Waals surface area contributed by atoms with Crippen LogP contribution in [0.15, 0.2) is 41.7 Å². The van der Waals surface area contributed by atoms with Gasteiger partial charge in [-0.1, -0.05) is 30.3 Å². The molecule has 0 aliphatic carbocycles. The molecule has 1 amide bonds. The largest absolute Gasteiger partial charge is 0.444 e. The van der Waals surface area contributed by atoms with Crippen LogP contribution in [0, 0.1) is 0 Å². The van der Waals surface area contributed by atoms with Crippen molar-refractivity contribution in [2.24, 2.45) is 0 Å². The van der Waals surface area contributed by atoms with Gasteiger partial charge in [0.15, 0.2) is 0 Å². The Labute approximate surface area is 174 Å². The maximum Gasteiger partial charge on any atom is 0.410 e. The lowest BCUT2D eigenvalue weighted by molar-refractivity contribution is 0.0234. The van der Waals surface area contributed by atoms with Gasteiger partial charge in [0, 0.05) is 45.8 Å². The first-order valence-corrected chi connectivity index (χ1v) is 10.6. The van der Waals surface area contributed by atoms with Gasteiger partial charge in [0.05, 0.1) is 6.54 Å². The van der Waals surface area contributed by atoms with Crippen LogP contribution < -0.4 is 0 Å². The molecule has 0 N–H and O–H groups in total. The van der Waals surface area contributed by atoms with Gasteiger partial charge in [0.2, 0.25) is 0 Å². The van der Waals surface area contributed by atoms with Crippen molar-refractivity contribution in [1.29, 1.82) is 0 Å². The van der Waals surface area contributed by atoms with E-state index in [9.17, 15) is 9.18 Å². The summed E-state index contributed by atoms with van der Waals surface area (Å²) in [5.41, 5.74) is 1.68. The van der Waals surface area contributed by atoms with Crippen LogP contribution >= 0.6 is 0 Å². The average Bonchev–Trinajstić information content (AvgIpc) is 2.69. The Morgan fingerprint density at radius 1 is 0.966 bits per heavy atom. The molecule has 2 heterocycles. The number of amides is 1. The Bertz CT molecular complexity index is 697. The van der Waals surface area contributed by atoms with Crippen LogP contribution in [0.2, 0.25) is 0 Å². The van der Waals surface area contributed by atoms with Gasteiger partial charge < -0.3 is 9.64 Å². The number of ether oxygens (including phenoxy) is 1. The summed E-state index contributed by atoms with van der Waals surface area (Å²) in [6.07, 6.45) is 0.893. The van der Waals surface area contributed by atoms with Crippen molar-refractivity contribution in [3.05, 3.63) is 47.3 Å². The minimum atomic E-state index is -0.499. The minimum Gasteiger partial charge on any atom is -0.444 e. The van der Waals surface area contributed by atoms with Gasteiger partial charge in [-0.3, -0.25) is 9.80 Å². The summed E-state index contributed by atoms with van der Waals surface area (Å²) in [6.45, 7) is 11.7. The summed E-state index contributed by atoms with van der Waals surface area (Å²) in [4.78, 5) is 18.5. The van der Waals surface area contributed by atoms with Crippen molar-refractivity contribution in [3.63, 3.8) is 0 Å². The summed E-state index contributed by atoms with van der Waals surface area (Å²) in [7, 11) is 0. The van der Waals surface area contributed by atoms with Gasteiger partial charge in [0.1, 0.15) is 11.4 Å². The van der Waals surface area contributed by atoms with Gasteiger partial charge in [0.25, 0.3) is 0 Å². The Balaban J connectivity index is 1.42. The molecule has 0 spiro atoms. The summed E-state index contributed by atoms with van der Waals surface area (Å²) in [5, 5.41) is 0. The van der Waals surface area contributed by atoms with Gasteiger partial charge in [-0.25, -0.2) is 9.18 Å². The highest BCUT2D eigenvalue weighted by atomic mass is 19.1. The van der Waals surface area contributed by atoms with Crippen molar-refractivity contribution >= 4 is 6.09 Å². The van der Waals surface area contributed by atoms with E-state index in [0.717, 1.165) is 38.3 Å². The fourth-order valence-corrected chi connectivity index (χ4v) is 3.81. The monoisotopic (exact) mass is 403 g/mol. The fourth-order valence-electron chi connectivity index (χ4n) is 3.81. The number of likely N-dealkylation sites (tertiary alicyclic amines) is 1. The number of hydrogen-bond acceptors (Lipinski definition) is 4. The molecule has 0 atom stereocenters. The second kappa shape index (κ2) is 9.72. The van der Waals surface area contributed by atoms with E-state index in [-0.39, 0.29) is 11.9 Å².